The van der Waals surface area contributed by atoms with Crippen LogP contribution in [-0.4, -0.2) is 33.6 Å². The number of amides is 1. The number of carbonyl (C=O) groups excluding carboxylic acids is 1. The van der Waals surface area contributed by atoms with Gasteiger partial charge in [-0.3, -0.25) is 4.79 Å². The second-order valence-corrected chi connectivity index (χ2v) is 7.01. The molecule has 2 atom stereocenters. The van der Waals surface area contributed by atoms with Gasteiger partial charge >= 0.3 is 6.18 Å². The van der Waals surface area contributed by atoms with E-state index in [1.807, 2.05) is 0 Å². The Kier molecular flexibility index (Phi) is 4.46. The van der Waals surface area contributed by atoms with Crippen molar-refractivity contribution in [2.24, 2.45) is 11.0 Å². The Bertz CT molecular complexity index is 692. The maximum atomic E-state index is 13.7. The van der Waals surface area contributed by atoms with E-state index in [-0.39, 0.29) is 22.7 Å². The molecule has 0 spiro atoms. The zero-order valence-corrected chi connectivity index (χ0v) is 14.3. The highest BCUT2D eigenvalue weighted by Gasteiger charge is 2.68. The highest BCUT2D eigenvalue weighted by atomic mass is 79.9. The smallest absolute Gasteiger partial charge is 0.362 e. The third-order valence-corrected chi connectivity index (χ3v) is 5.04. The second kappa shape index (κ2) is 6.15. The van der Waals surface area contributed by atoms with Crippen molar-refractivity contribution >= 4 is 27.5 Å². The van der Waals surface area contributed by atoms with Crippen LogP contribution in [-0.2, 0) is 0 Å². The lowest BCUT2D eigenvalue weighted by Gasteiger charge is -2.37. The third-order valence-electron chi connectivity index (χ3n) is 4.55. The Balaban J connectivity index is 2.05. The lowest BCUT2D eigenvalue weighted by atomic mass is 9.87. The number of nitrogens with zero attached hydrogens (tertiary/aromatic N) is 2. The summed E-state index contributed by atoms with van der Waals surface area (Å²) in [6.07, 6.45) is -2.39. The second-order valence-electron chi connectivity index (χ2n) is 6.09. The molecule has 0 bridgehead atoms. The number of hydrazone groups is 1. The molecule has 24 heavy (non-hydrogen) atoms. The van der Waals surface area contributed by atoms with Gasteiger partial charge in [0.15, 0.2) is 0 Å². The van der Waals surface area contributed by atoms with Crippen molar-refractivity contribution in [1.29, 1.82) is 0 Å². The van der Waals surface area contributed by atoms with Gasteiger partial charge in [0.25, 0.3) is 11.6 Å². The van der Waals surface area contributed by atoms with Crippen LogP contribution in [0.25, 0.3) is 0 Å². The average Bonchev–Trinajstić information content (AvgIpc) is 2.68. The maximum absolute atomic E-state index is 13.7. The molecule has 1 unspecified atom stereocenters. The van der Waals surface area contributed by atoms with Crippen molar-refractivity contribution in [2.75, 3.05) is 0 Å². The summed E-state index contributed by atoms with van der Waals surface area (Å²) in [6.45, 7) is 0. The highest BCUT2D eigenvalue weighted by Crippen LogP contribution is 2.48. The van der Waals surface area contributed by atoms with Gasteiger partial charge in [-0.25, -0.2) is 0 Å². The molecule has 2 aliphatic rings. The maximum Gasteiger partial charge on any atom is 0.439 e. The van der Waals surface area contributed by atoms with Gasteiger partial charge in [0.2, 0.25) is 0 Å². The normalized spacial score (nSPS) is 27.5. The van der Waals surface area contributed by atoms with Gasteiger partial charge in [-0.1, -0.05) is 34.8 Å². The van der Waals surface area contributed by atoms with Crippen molar-refractivity contribution in [2.45, 2.75) is 44.0 Å². The van der Waals surface area contributed by atoms with E-state index in [4.69, 9.17) is 0 Å². The first-order chi connectivity index (χ1) is 11.2. The lowest BCUT2D eigenvalue weighted by molar-refractivity contribution is -0.312. The van der Waals surface area contributed by atoms with E-state index in [0.29, 0.717) is 23.7 Å². The summed E-state index contributed by atoms with van der Waals surface area (Å²) in [5.41, 5.74) is -2.99. The van der Waals surface area contributed by atoms with Crippen molar-refractivity contribution in [3.05, 3.63) is 34.3 Å². The SMILES string of the molecule is O=C(c1cccc(Br)c1)N1N=C2CCCCCC2[C@@]1(O)C(F)(F)F. The Labute approximate surface area is 145 Å². The first-order valence-corrected chi connectivity index (χ1v) is 8.51. The minimum Gasteiger partial charge on any atom is -0.362 e. The molecule has 0 aromatic heterocycles. The van der Waals surface area contributed by atoms with Crippen LogP contribution in [0.2, 0.25) is 0 Å². The van der Waals surface area contributed by atoms with E-state index in [2.05, 4.69) is 21.0 Å². The summed E-state index contributed by atoms with van der Waals surface area (Å²) in [6, 6.07) is 6.02. The van der Waals surface area contributed by atoms with Crippen molar-refractivity contribution in [1.82, 2.24) is 5.01 Å². The molecule has 4 nitrogen and oxygen atoms in total. The molecule has 0 saturated heterocycles. The number of rotatable bonds is 1. The molecule has 130 valence electrons. The van der Waals surface area contributed by atoms with Gasteiger partial charge in [0.1, 0.15) is 0 Å². The molecule has 1 aliphatic carbocycles. The number of aliphatic hydroxyl groups is 1. The van der Waals surface area contributed by atoms with Crippen LogP contribution in [0.1, 0.15) is 42.5 Å². The number of benzene rings is 1. The predicted molar refractivity (Wildman–Crippen MR) is 85.3 cm³/mol. The van der Waals surface area contributed by atoms with E-state index >= 15 is 0 Å². The standard InChI is InChI=1S/C16H16BrF3N2O2/c17-11-6-4-5-10(9-11)14(23)22-15(24,16(18,19)20)12-7-2-1-3-8-13(12)21-22/h4-6,9,12,24H,1-3,7-8H2/t12?,15-/m1/s1. The van der Waals surface area contributed by atoms with E-state index in [1.165, 1.54) is 12.1 Å². The average molecular weight is 405 g/mol. The summed E-state index contributed by atoms with van der Waals surface area (Å²) in [5, 5.41) is 14.7. The highest BCUT2D eigenvalue weighted by molar-refractivity contribution is 9.10. The topological polar surface area (TPSA) is 52.9 Å². The molecule has 1 fully saturated rings. The number of carbonyl (C=O) groups is 1. The van der Waals surface area contributed by atoms with E-state index < -0.39 is 23.7 Å². The Morgan fingerprint density at radius 3 is 2.75 bits per heavy atom. The molecule has 1 aromatic carbocycles. The fourth-order valence-electron chi connectivity index (χ4n) is 3.34. The quantitative estimate of drug-likeness (QED) is 0.765. The number of fused-ring (bicyclic) bond motifs is 1. The largest absolute Gasteiger partial charge is 0.439 e. The monoisotopic (exact) mass is 404 g/mol. The Hall–Kier alpha value is -1.41. The zero-order valence-electron chi connectivity index (χ0n) is 12.7. The molecule has 1 heterocycles. The molecule has 8 heteroatoms. The lowest BCUT2D eigenvalue weighted by Crippen LogP contribution is -2.61. The van der Waals surface area contributed by atoms with Crippen LogP contribution in [0, 0.1) is 5.92 Å². The Morgan fingerprint density at radius 1 is 1.33 bits per heavy atom. The number of hydrogen-bond donors (Lipinski definition) is 1. The molecular weight excluding hydrogens is 389 g/mol. The van der Waals surface area contributed by atoms with Crippen LogP contribution < -0.4 is 0 Å². The predicted octanol–water partition coefficient (Wildman–Crippen LogP) is 4.09. The molecule has 3 rings (SSSR count). The number of alkyl halides is 3. The summed E-state index contributed by atoms with van der Waals surface area (Å²) in [5.74, 6) is -2.16. The third kappa shape index (κ3) is 2.75. The first-order valence-electron chi connectivity index (χ1n) is 7.71. The molecule has 1 aliphatic heterocycles. The summed E-state index contributed by atoms with van der Waals surface area (Å²) in [7, 11) is 0. The zero-order chi connectivity index (χ0) is 17.5. The van der Waals surface area contributed by atoms with Gasteiger partial charge in [-0.05, 0) is 37.5 Å². The fourth-order valence-corrected chi connectivity index (χ4v) is 3.74. The number of hydrogen-bond acceptors (Lipinski definition) is 3. The van der Waals surface area contributed by atoms with Crippen molar-refractivity contribution in [3.8, 4) is 0 Å². The summed E-state index contributed by atoms with van der Waals surface area (Å²) < 4.78 is 41.7. The van der Waals surface area contributed by atoms with E-state index in [9.17, 15) is 23.1 Å². The van der Waals surface area contributed by atoms with Crippen LogP contribution in [0.3, 0.4) is 0 Å². The minimum atomic E-state index is -4.99. The van der Waals surface area contributed by atoms with Crippen molar-refractivity contribution in [3.63, 3.8) is 0 Å². The van der Waals surface area contributed by atoms with Crippen LogP contribution >= 0.6 is 15.9 Å². The van der Waals surface area contributed by atoms with Gasteiger partial charge in [0, 0.05) is 15.7 Å². The van der Waals surface area contributed by atoms with Gasteiger partial charge in [-0.15, -0.1) is 0 Å². The molecule has 1 saturated carbocycles. The van der Waals surface area contributed by atoms with E-state index in [1.54, 1.807) is 12.1 Å². The molecule has 1 aromatic rings. The Morgan fingerprint density at radius 2 is 2.08 bits per heavy atom. The first kappa shape index (κ1) is 17.4. The fraction of sp³-hybridized carbons (Fsp3) is 0.500. The molecule has 0 radical (unpaired) electrons. The molecule has 1 amide bonds. The molecular formula is C16H16BrF3N2O2. The van der Waals surface area contributed by atoms with Gasteiger partial charge < -0.3 is 5.11 Å². The van der Waals surface area contributed by atoms with E-state index in [0.717, 1.165) is 6.42 Å². The van der Waals surface area contributed by atoms with Crippen LogP contribution in [0.4, 0.5) is 13.2 Å². The van der Waals surface area contributed by atoms with Crippen LogP contribution in [0.15, 0.2) is 33.8 Å². The van der Waals surface area contributed by atoms with Crippen molar-refractivity contribution < 1.29 is 23.1 Å². The summed E-state index contributed by atoms with van der Waals surface area (Å²) >= 11 is 3.19. The number of halogens is 4. The van der Waals surface area contributed by atoms with Gasteiger partial charge in [0.05, 0.1) is 5.92 Å². The summed E-state index contributed by atoms with van der Waals surface area (Å²) in [4.78, 5) is 12.6. The van der Waals surface area contributed by atoms with Crippen LogP contribution in [0.5, 0.6) is 0 Å². The minimum absolute atomic E-state index is 0.0351. The molecule has 1 N–H and O–H groups in total. The van der Waals surface area contributed by atoms with Gasteiger partial charge in [-0.2, -0.15) is 23.3 Å².